The summed E-state index contributed by atoms with van der Waals surface area (Å²) >= 11 is 0. The SMILES string of the molecule is CCN(CC)S(=O)(=O)c1ccc(C(=O)N2CCCN(c3ccc(OC)cc3)CC2)cc1. The quantitative estimate of drug-likeness (QED) is 0.655. The zero-order valence-corrected chi connectivity index (χ0v) is 19.3. The molecule has 1 aliphatic rings. The minimum Gasteiger partial charge on any atom is -0.497 e. The van der Waals surface area contributed by atoms with E-state index in [9.17, 15) is 13.2 Å². The van der Waals surface area contributed by atoms with Gasteiger partial charge in [-0.25, -0.2) is 8.42 Å². The Hall–Kier alpha value is -2.58. The minimum atomic E-state index is -3.52. The predicted molar refractivity (Wildman–Crippen MR) is 122 cm³/mol. The number of methoxy groups -OCH3 is 1. The van der Waals surface area contributed by atoms with Crippen LogP contribution in [0.1, 0.15) is 30.6 Å². The van der Waals surface area contributed by atoms with E-state index >= 15 is 0 Å². The number of hydrogen-bond donors (Lipinski definition) is 0. The highest BCUT2D eigenvalue weighted by Gasteiger charge is 2.24. The number of hydrogen-bond acceptors (Lipinski definition) is 5. The van der Waals surface area contributed by atoms with Crippen LogP contribution in [0.5, 0.6) is 5.75 Å². The molecule has 1 heterocycles. The average molecular weight is 446 g/mol. The second-order valence-electron chi connectivity index (χ2n) is 7.44. The van der Waals surface area contributed by atoms with Crippen molar-refractivity contribution in [1.82, 2.24) is 9.21 Å². The van der Waals surface area contributed by atoms with Crippen molar-refractivity contribution in [3.05, 3.63) is 54.1 Å². The Morgan fingerprint density at radius 1 is 0.935 bits per heavy atom. The van der Waals surface area contributed by atoms with Crippen molar-refractivity contribution in [2.75, 3.05) is 51.3 Å². The number of sulfonamides is 1. The van der Waals surface area contributed by atoms with Gasteiger partial charge >= 0.3 is 0 Å². The Bertz CT molecular complexity index is 971. The van der Waals surface area contributed by atoms with Gasteiger partial charge in [-0.1, -0.05) is 13.8 Å². The minimum absolute atomic E-state index is 0.0663. The van der Waals surface area contributed by atoms with Gasteiger partial charge < -0.3 is 14.5 Å². The number of rotatable bonds is 7. The molecule has 3 rings (SSSR count). The number of nitrogens with zero attached hydrogens (tertiary/aromatic N) is 3. The summed E-state index contributed by atoms with van der Waals surface area (Å²) in [4.78, 5) is 17.3. The van der Waals surface area contributed by atoms with Crippen LogP contribution in [0.15, 0.2) is 53.4 Å². The molecular formula is C23H31N3O4S. The zero-order chi connectivity index (χ0) is 22.4. The lowest BCUT2D eigenvalue weighted by Crippen LogP contribution is -2.35. The average Bonchev–Trinajstić information content (AvgIpc) is 3.06. The Morgan fingerprint density at radius 2 is 1.58 bits per heavy atom. The molecule has 1 aliphatic heterocycles. The van der Waals surface area contributed by atoms with Gasteiger partial charge in [0.05, 0.1) is 12.0 Å². The maximum Gasteiger partial charge on any atom is 0.253 e. The molecule has 1 fully saturated rings. The van der Waals surface area contributed by atoms with Crippen molar-refractivity contribution in [2.45, 2.75) is 25.2 Å². The van der Waals surface area contributed by atoms with Gasteiger partial charge in [0.25, 0.3) is 5.91 Å². The van der Waals surface area contributed by atoms with E-state index in [1.54, 1.807) is 19.2 Å². The largest absolute Gasteiger partial charge is 0.497 e. The molecule has 0 aromatic heterocycles. The summed E-state index contributed by atoms with van der Waals surface area (Å²) in [5.74, 6) is 0.755. The number of benzene rings is 2. The molecule has 0 unspecified atom stereocenters. The molecule has 2 aromatic carbocycles. The molecule has 2 aromatic rings. The number of carbonyl (C=O) groups is 1. The van der Waals surface area contributed by atoms with Crippen molar-refractivity contribution in [3.63, 3.8) is 0 Å². The summed E-state index contributed by atoms with van der Waals surface area (Å²) < 4.78 is 31.9. The Balaban J connectivity index is 1.67. The van der Waals surface area contributed by atoms with Gasteiger partial charge in [-0.2, -0.15) is 4.31 Å². The number of amides is 1. The first kappa shape index (κ1) is 23.1. The van der Waals surface area contributed by atoms with Crippen LogP contribution in [0, 0.1) is 0 Å². The van der Waals surface area contributed by atoms with Crippen LogP contribution >= 0.6 is 0 Å². The Morgan fingerprint density at radius 3 is 2.16 bits per heavy atom. The number of carbonyl (C=O) groups excluding carboxylic acids is 1. The van der Waals surface area contributed by atoms with Gasteiger partial charge in [-0.15, -0.1) is 0 Å². The van der Waals surface area contributed by atoms with E-state index < -0.39 is 10.0 Å². The topological polar surface area (TPSA) is 70.2 Å². The van der Waals surface area contributed by atoms with Crippen LogP contribution in [-0.4, -0.2) is 69.9 Å². The van der Waals surface area contributed by atoms with Crippen LogP contribution in [-0.2, 0) is 10.0 Å². The molecule has 31 heavy (non-hydrogen) atoms. The maximum absolute atomic E-state index is 13.0. The summed E-state index contributed by atoms with van der Waals surface area (Å²) in [5, 5.41) is 0. The van der Waals surface area contributed by atoms with Crippen LogP contribution in [0.4, 0.5) is 5.69 Å². The van der Waals surface area contributed by atoms with E-state index in [-0.39, 0.29) is 10.8 Å². The lowest BCUT2D eigenvalue weighted by atomic mass is 10.2. The summed E-state index contributed by atoms with van der Waals surface area (Å²) in [6, 6.07) is 14.2. The van der Waals surface area contributed by atoms with Crippen LogP contribution in [0.3, 0.4) is 0 Å². The Kier molecular flexibility index (Phi) is 7.56. The summed E-state index contributed by atoms with van der Waals surface area (Å²) in [7, 11) is -1.88. The van der Waals surface area contributed by atoms with Crippen LogP contribution in [0.25, 0.3) is 0 Å². The number of ether oxygens (including phenoxy) is 1. The third-order valence-corrected chi connectivity index (χ3v) is 7.73. The molecule has 0 saturated carbocycles. The molecule has 0 N–H and O–H groups in total. The highest BCUT2D eigenvalue weighted by Crippen LogP contribution is 2.22. The third kappa shape index (κ3) is 5.19. The van der Waals surface area contributed by atoms with Gasteiger partial charge in [0.15, 0.2) is 0 Å². The fraction of sp³-hybridized carbons (Fsp3) is 0.435. The first-order valence-electron chi connectivity index (χ1n) is 10.7. The number of anilines is 1. The van der Waals surface area contributed by atoms with Gasteiger partial charge in [0.1, 0.15) is 5.75 Å². The van der Waals surface area contributed by atoms with Gasteiger partial charge in [0.2, 0.25) is 10.0 Å². The van der Waals surface area contributed by atoms with Crippen molar-refractivity contribution in [2.24, 2.45) is 0 Å². The van der Waals surface area contributed by atoms with E-state index in [0.717, 1.165) is 30.9 Å². The molecule has 1 saturated heterocycles. The van der Waals surface area contributed by atoms with Crippen LogP contribution < -0.4 is 9.64 Å². The fourth-order valence-corrected chi connectivity index (χ4v) is 5.29. The molecule has 168 valence electrons. The molecule has 0 aliphatic carbocycles. The van der Waals surface area contributed by atoms with Gasteiger partial charge in [-0.3, -0.25) is 4.79 Å². The standard InChI is InChI=1S/C23H31N3O4S/c1-4-26(5-2)31(28,29)22-13-7-19(8-14-22)23(27)25-16-6-15-24(17-18-25)20-9-11-21(30-3)12-10-20/h7-14H,4-6,15-18H2,1-3H3. The van der Waals surface area contributed by atoms with Crippen molar-refractivity contribution >= 4 is 21.6 Å². The predicted octanol–water partition coefficient (Wildman–Crippen LogP) is 3.08. The van der Waals surface area contributed by atoms with Gasteiger partial charge in [0, 0.05) is 50.5 Å². The molecule has 0 atom stereocenters. The second kappa shape index (κ2) is 10.2. The van der Waals surface area contributed by atoms with E-state index in [0.29, 0.717) is 31.7 Å². The van der Waals surface area contributed by atoms with Crippen molar-refractivity contribution < 1.29 is 17.9 Å². The normalized spacial score (nSPS) is 15.1. The van der Waals surface area contributed by atoms with E-state index in [4.69, 9.17) is 4.74 Å². The van der Waals surface area contributed by atoms with Crippen molar-refractivity contribution in [3.8, 4) is 5.75 Å². The first-order chi connectivity index (χ1) is 14.9. The summed E-state index contributed by atoms with van der Waals surface area (Å²) in [6.45, 7) is 7.36. The van der Waals surface area contributed by atoms with Crippen molar-refractivity contribution in [1.29, 1.82) is 0 Å². The fourth-order valence-electron chi connectivity index (χ4n) is 3.84. The molecule has 7 nitrogen and oxygen atoms in total. The molecule has 1 amide bonds. The maximum atomic E-state index is 13.0. The van der Waals surface area contributed by atoms with Gasteiger partial charge in [-0.05, 0) is 55.0 Å². The molecule has 8 heteroatoms. The third-order valence-electron chi connectivity index (χ3n) is 5.67. The lowest BCUT2D eigenvalue weighted by Gasteiger charge is -2.24. The van der Waals surface area contributed by atoms with Crippen LogP contribution in [0.2, 0.25) is 0 Å². The smallest absolute Gasteiger partial charge is 0.253 e. The highest BCUT2D eigenvalue weighted by molar-refractivity contribution is 7.89. The lowest BCUT2D eigenvalue weighted by molar-refractivity contribution is 0.0767. The second-order valence-corrected chi connectivity index (χ2v) is 9.38. The van der Waals surface area contributed by atoms with E-state index in [1.165, 1.54) is 16.4 Å². The van der Waals surface area contributed by atoms with E-state index in [2.05, 4.69) is 4.90 Å². The molecular weight excluding hydrogens is 414 g/mol. The highest BCUT2D eigenvalue weighted by atomic mass is 32.2. The molecule has 0 bridgehead atoms. The summed E-state index contributed by atoms with van der Waals surface area (Å²) in [6.07, 6.45) is 0.867. The first-order valence-corrected chi connectivity index (χ1v) is 12.1. The molecule has 0 radical (unpaired) electrons. The Labute approximate surface area is 185 Å². The monoisotopic (exact) mass is 445 g/mol. The van der Waals surface area contributed by atoms with E-state index in [1.807, 2.05) is 43.0 Å². The molecule has 0 spiro atoms. The summed E-state index contributed by atoms with van der Waals surface area (Å²) in [5.41, 5.74) is 1.62. The zero-order valence-electron chi connectivity index (χ0n) is 18.5.